The highest BCUT2D eigenvalue weighted by Crippen LogP contribution is 2.07. The molecule has 0 bridgehead atoms. The number of nitrogens with zero attached hydrogens (tertiary/aromatic N) is 4. The lowest BCUT2D eigenvalue weighted by Gasteiger charge is -1.94. The summed E-state index contributed by atoms with van der Waals surface area (Å²) in [5.41, 5.74) is 4.79. The van der Waals surface area contributed by atoms with Gasteiger partial charge in [-0.3, -0.25) is 0 Å². The van der Waals surface area contributed by atoms with Gasteiger partial charge in [0, 0.05) is 11.5 Å². The molecule has 0 radical (unpaired) electrons. The Morgan fingerprint density at radius 2 is 2.53 bits per heavy atom. The molecule has 3 N–H and O–H groups in total. The van der Waals surface area contributed by atoms with Crippen molar-refractivity contribution < 1.29 is 14.7 Å². The van der Waals surface area contributed by atoms with Crippen molar-refractivity contribution in [2.45, 2.75) is 0 Å². The molecule has 1 aromatic rings. The fourth-order valence-corrected chi connectivity index (χ4v) is 1.07. The van der Waals surface area contributed by atoms with E-state index in [1.54, 1.807) is 6.07 Å². The first-order valence-corrected chi connectivity index (χ1v) is 4.32. The summed E-state index contributed by atoms with van der Waals surface area (Å²) in [7, 11) is 0. The van der Waals surface area contributed by atoms with Crippen LogP contribution in [0.3, 0.4) is 0 Å². The molecule has 9 heteroatoms. The zero-order valence-electron chi connectivity index (χ0n) is 7.25. The highest BCUT2D eigenvalue weighted by molar-refractivity contribution is 7.09. The minimum atomic E-state index is -1.36. The van der Waals surface area contributed by atoms with Gasteiger partial charge in [-0.05, 0) is 0 Å². The Labute approximate surface area is 87.8 Å². The Morgan fingerprint density at radius 3 is 3.00 bits per heavy atom. The molecule has 8 nitrogen and oxygen atoms in total. The summed E-state index contributed by atoms with van der Waals surface area (Å²) in [6.45, 7) is -0.351. The van der Waals surface area contributed by atoms with Gasteiger partial charge in [0.15, 0.2) is 5.13 Å². The Hall–Kier alpha value is -2.21. The minimum absolute atomic E-state index is 0.124. The number of nitriles is 1. The van der Waals surface area contributed by atoms with Gasteiger partial charge < -0.3 is 15.7 Å². The van der Waals surface area contributed by atoms with Gasteiger partial charge in [-0.15, -0.1) is 0 Å². The first-order valence-electron chi connectivity index (χ1n) is 3.55. The smallest absolute Gasteiger partial charge is 0.362 e. The van der Waals surface area contributed by atoms with Crippen LogP contribution < -0.4 is 5.73 Å². The average Bonchev–Trinajstić information content (AvgIpc) is 2.59. The molecule has 0 aliphatic carbocycles. The van der Waals surface area contributed by atoms with Crippen molar-refractivity contribution in [1.29, 1.82) is 5.26 Å². The lowest BCUT2D eigenvalue weighted by atomic mass is 10.4. The summed E-state index contributed by atoms with van der Waals surface area (Å²) < 4.78 is 3.65. The molecule has 1 heterocycles. The predicted molar refractivity (Wildman–Crippen MR) is 50.1 cm³/mol. The van der Waals surface area contributed by atoms with Crippen LogP contribution in [0.25, 0.3) is 0 Å². The van der Waals surface area contributed by atoms with Crippen LogP contribution in [0, 0.1) is 11.3 Å². The molecule has 0 saturated heterocycles. The molecule has 0 aromatic carbocycles. The van der Waals surface area contributed by atoms with Crippen molar-refractivity contribution >= 4 is 28.3 Å². The third kappa shape index (κ3) is 2.89. The van der Waals surface area contributed by atoms with Crippen molar-refractivity contribution in [3.63, 3.8) is 0 Å². The second-order valence-corrected chi connectivity index (χ2v) is 2.92. The summed E-state index contributed by atoms with van der Waals surface area (Å²) >= 11 is 0.841. The summed E-state index contributed by atoms with van der Waals surface area (Å²) in [6, 6.07) is 1.63. The monoisotopic (exact) mass is 227 g/mol. The molecule has 0 unspecified atom stereocenters. The molecular weight excluding hydrogens is 222 g/mol. The number of carbonyl (C=O) groups is 1. The van der Waals surface area contributed by atoms with Gasteiger partial charge in [0.25, 0.3) is 0 Å². The SMILES string of the molecule is N#CCO/N=C(\C(=O)O)c1nsc(N)n1. The number of aromatic nitrogens is 2. The van der Waals surface area contributed by atoms with E-state index in [9.17, 15) is 4.79 Å². The second-order valence-electron chi connectivity index (χ2n) is 2.13. The van der Waals surface area contributed by atoms with E-state index in [2.05, 4.69) is 19.4 Å². The third-order valence-corrected chi connectivity index (χ3v) is 1.68. The number of nitrogen functional groups attached to an aromatic ring is 1. The largest absolute Gasteiger partial charge is 0.476 e. The van der Waals surface area contributed by atoms with E-state index in [4.69, 9.17) is 16.1 Å². The van der Waals surface area contributed by atoms with Gasteiger partial charge in [-0.1, -0.05) is 5.16 Å². The van der Waals surface area contributed by atoms with Gasteiger partial charge in [0.05, 0.1) is 0 Å². The van der Waals surface area contributed by atoms with Crippen LogP contribution in [-0.4, -0.2) is 32.8 Å². The normalized spacial score (nSPS) is 10.7. The number of nitrogens with two attached hydrogens (primary N) is 1. The van der Waals surface area contributed by atoms with Crippen molar-refractivity contribution in [2.75, 3.05) is 12.3 Å². The van der Waals surface area contributed by atoms with Crippen LogP contribution in [0.15, 0.2) is 5.16 Å². The molecule has 15 heavy (non-hydrogen) atoms. The quantitative estimate of drug-likeness (QED) is 0.400. The fourth-order valence-electron chi connectivity index (χ4n) is 0.633. The Kier molecular flexibility index (Phi) is 3.53. The Bertz CT molecular complexity index is 434. The highest BCUT2D eigenvalue weighted by Gasteiger charge is 2.18. The third-order valence-electron chi connectivity index (χ3n) is 1.14. The molecule has 0 spiro atoms. The van der Waals surface area contributed by atoms with E-state index in [0.717, 1.165) is 11.5 Å². The maximum atomic E-state index is 10.7. The molecule has 0 saturated carbocycles. The van der Waals surface area contributed by atoms with Gasteiger partial charge >= 0.3 is 5.97 Å². The highest BCUT2D eigenvalue weighted by atomic mass is 32.1. The first-order chi connectivity index (χ1) is 7.15. The fraction of sp³-hybridized carbons (Fsp3) is 0.167. The van der Waals surface area contributed by atoms with Gasteiger partial charge in [-0.2, -0.15) is 14.6 Å². The molecule has 0 amide bonds. The van der Waals surface area contributed by atoms with E-state index >= 15 is 0 Å². The topological polar surface area (TPSA) is 134 Å². The Morgan fingerprint density at radius 1 is 1.80 bits per heavy atom. The van der Waals surface area contributed by atoms with E-state index in [0.29, 0.717) is 0 Å². The molecule has 0 atom stereocenters. The zero-order valence-corrected chi connectivity index (χ0v) is 8.06. The number of carboxylic acid groups (broad SMARTS) is 1. The number of hydrogen-bond donors (Lipinski definition) is 2. The maximum Gasteiger partial charge on any atom is 0.362 e. The van der Waals surface area contributed by atoms with Crippen LogP contribution in [0.5, 0.6) is 0 Å². The van der Waals surface area contributed by atoms with Crippen molar-refractivity contribution in [3.05, 3.63) is 5.82 Å². The lowest BCUT2D eigenvalue weighted by molar-refractivity contribution is -0.129. The number of aliphatic carboxylic acids is 1. The number of oxime groups is 1. The van der Waals surface area contributed by atoms with Crippen LogP contribution in [-0.2, 0) is 9.63 Å². The summed E-state index contributed by atoms with van der Waals surface area (Å²) in [5, 5.41) is 20.2. The van der Waals surface area contributed by atoms with Crippen LogP contribution in [0.4, 0.5) is 5.13 Å². The van der Waals surface area contributed by atoms with Crippen molar-refractivity contribution in [1.82, 2.24) is 9.36 Å². The molecule has 0 fully saturated rings. The predicted octanol–water partition coefficient (Wildman–Crippen LogP) is -0.551. The number of anilines is 1. The van der Waals surface area contributed by atoms with Gasteiger partial charge in [0.1, 0.15) is 6.07 Å². The number of hydrogen-bond acceptors (Lipinski definition) is 8. The van der Waals surface area contributed by atoms with Crippen molar-refractivity contribution in [2.24, 2.45) is 5.16 Å². The average molecular weight is 227 g/mol. The van der Waals surface area contributed by atoms with Crippen molar-refractivity contribution in [3.8, 4) is 6.07 Å². The zero-order chi connectivity index (χ0) is 11.3. The molecule has 78 valence electrons. The Balaban J connectivity index is 2.89. The summed E-state index contributed by atoms with van der Waals surface area (Å²) in [4.78, 5) is 18.7. The van der Waals surface area contributed by atoms with Crippen LogP contribution in [0.1, 0.15) is 5.82 Å². The maximum absolute atomic E-state index is 10.7. The van der Waals surface area contributed by atoms with Gasteiger partial charge in [-0.25, -0.2) is 4.79 Å². The summed E-state index contributed by atoms with van der Waals surface area (Å²) in [5.74, 6) is -1.49. The minimum Gasteiger partial charge on any atom is -0.476 e. The number of rotatable bonds is 4. The van der Waals surface area contributed by atoms with Crippen LogP contribution >= 0.6 is 11.5 Å². The van der Waals surface area contributed by atoms with E-state index in [1.165, 1.54) is 0 Å². The van der Waals surface area contributed by atoms with E-state index in [-0.39, 0.29) is 17.6 Å². The van der Waals surface area contributed by atoms with Crippen LogP contribution in [0.2, 0.25) is 0 Å². The lowest BCUT2D eigenvalue weighted by Crippen LogP contribution is -2.16. The first kappa shape index (κ1) is 10.9. The second kappa shape index (κ2) is 4.87. The molecule has 1 rings (SSSR count). The molecule has 0 aliphatic heterocycles. The van der Waals surface area contributed by atoms with Gasteiger partial charge in [0.2, 0.25) is 18.1 Å². The summed E-state index contributed by atoms with van der Waals surface area (Å²) in [6.07, 6.45) is 0. The molecular formula is C6H5N5O3S. The molecule has 0 aliphatic rings. The standard InChI is InChI=1S/C6H5N5O3S/c7-1-2-14-10-3(5(12)13)4-9-6(8)15-11-4/h2H2,(H,12,13)(H2,8,9,11)/b10-3-. The van der Waals surface area contributed by atoms with E-state index in [1.807, 2.05) is 0 Å². The van der Waals surface area contributed by atoms with E-state index < -0.39 is 11.7 Å². The molecule has 1 aromatic heterocycles. The number of carboxylic acids is 1.